The molecule has 0 amide bonds. The number of halogens is 2. The van der Waals surface area contributed by atoms with E-state index in [9.17, 15) is 4.39 Å². The fraction of sp³-hybridized carbons (Fsp3) is 0.333. The monoisotopic (exact) mass is 202 g/mol. The van der Waals surface area contributed by atoms with E-state index in [1.807, 2.05) is 0 Å². The molecule has 0 saturated heterocycles. The molecular weight excluding hydrogens is 195 g/mol. The van der Waals surface area contributed by atoms with Gasteiger partial charge in [0.1, 0.15) is 5.82 Å². The zero-order valence-corrected chi connectivity index (χ0v) is 8.01. The highest BCUT2D eigenvalue weighted by Gasteiger charge is 2.12. The zero-order valence-electron chi connectivity index (χ0n) is 6.44. The van der Waals surface area contributed by atoms with Crippen LogP contribution in [0.15, 0.2) is 17.0 Å². The van der Waals surface area contributed by atoms with E-state index in [-0.39, 0.29) is 10.8 Å². The van der Waals surface area contributed by atoms with Crippen LogP contribution < -0.4 is 0 Å². The predicted octanol–water partition coefficient (Wildman–Crippen LogP) is 3.52. The average Bonchev–Trinajstić information content (AvgIpc) is 2.07. The van der Waals surface area contributed by atoms with Crippen LogP contribution in [-0.4, -0.2) is 5.75 Å². The van der Waals surface area contributed by atoms with Gasteiger partial charge in [-0.2, -0.15) is 0 Å². The Morgan fingerprint density at radius 1 is 1.42 bits per heavy atom. The van der Waals surface area contributed by atoms with E-state index in [0.717, 1.165) is 17.1 Å². The van der Waals surface area contributed by atoms with E-state index in [4.69, 9.17) is 11.6 Å². The van der Waals surface area contributed by atoms with Crippen LogP contribution in [0.2, 0.25) is 5.02 Å². The second-order valence-electron chi connectivity index (χ2n) is 2.83. The molecule has 0 fully saturated rings. The van der Waals surface area contributed by atoms with Gasteiger partial charge in [-0.25, -0.2) is 4.39 Å². The molecule has 2 rings (SSSR count). The quantitative estimate of drug-likeness (QED) is 0.621. The number of benzene rings is 1. The van der Waals surface area contributed by atoms with Crippen molar-refractivity contribution in [3.63, 3.8) is 0 Å². The summed E-state index contributed by atoms with van der Waals surface area (Å²) < 4.78 is 13.0. The Kier molecular flexibility index (Phi) is 2.28. The molecule has 0 aromatic heterocycles. The highest BCUT2D eigenvalue weighted by molar-refractivity contribution is 7.99. The molecule has 0 N–H and O–H groups in total. The van der Waals surface area contributed by atoms with E-state index >= 15 is 0 Å². The molecule has 1 aromatic carbocycles. The minimum Gasteiger partial charge on any atom is -0.205 e. The third kappa shape index (κ3) is 1.46. The number of hydrogen-bond donors (Lipinski definition) is 0. The summed E-state index contributed by atoms with van der Waals surface area (Å²) in [6.07, 6.45) is 2.20. The van der Waals surface area contributed by atoms with Crippen LogP contribution in [0.5, 0.6) is 0 Å². The Bertz CT molecular complexity index is 281. The largest absolute Gasteiger partial charge is 0.205 e. The van der Waals surface area contributed by atoms with Crippen molar-refractivity contribution < 1.29 is 4.39 Å². The van der Waals surface area contributed by atoms with Gasteiger partial charge in [0.2, 0.25) is 0 Å². The smallest absolute Gasteiger partial charge is 0.142 e. The molecule has 0 spiro atoms. The maximum Gasteiger partial charge on any atom is 0.142 e. The van der Waals surface area contributed by atoms with Gasteiger partial charge in [0.05, 0.1) is 5.02 Å². The lowest BCUT2D eigenvalue weighted by atomic mass is 10.1. The molecule has 0 atom stereocenters. The van der Waals surface area contributed by atoms with E-state index in [0.29, 0.717) is 0 Å². The Labute approximate surface area is 80.1 Å². The zero-order chi connectivity index (χ0) is 8.55. The van der Waals surface area contributed by atoms with Crippen molar-refractivity contribution >= 4 is 23.4 Å². The Hall–Kier alpha value is -0.210. The first kappa shape index (κ1) is 8.39. The molecule has 0 aliphatic carbocycles. The number of rotatable bonds is 0. The van der Waals surface area contributed by atoms with Crippen molar-refractivity contribution in [3.05, 3.63) is 28.5 Å². The maximum absolute atomic E-state index is 13.0. The SMILES string of the molecule is Fc1cc2c(cc1Cl)CCCS2. The van der Waals surface area contributed by atoms with Crippen LogP contribution in [0.25, 0.3) is 0 Å². The van der Waals surface area contributed by atoms with Crippen LogP contribution >= 0.6 is 23.4 Å². The maximum atomic E-state index is 13.0. The number of thioether (sulfide) groups is 1. The molecule has 0 bridgehead atoms. The van der Waals surface area contributed by atoms with Gasteiger partial charge in [0.15, 0.2) is 0 Å². The molecule has 1 aromatic rings. The molecule has 0 radical (unpaired) electrons. The lowest BCUT2D eigenvalue weighted by molar-refractivity contribution is 0.622. The standard InChI is InChI=1S/C9H8ClFS/c10-7-4-6-2-1-3-12-9(6)5-8(7)11/h4-5H,1-3H2. The fourth-order valence-electron chi connectivity index (χ4n) is 1.34. The predicted molar refractivity (Wildman–Crippen MR) is 50.5 cm³/mol. The Morgan fingerprint density at radius 3 is 3.08 bits per heavy atom. The van der Waals surface area contributed by atoms with Crippen molar-refractivity contribution in [2.24, 2.45) is 0 Å². The van der Waals surface area contributed by atoms with Gasteiger partial charge in [0, 0.05) is 4.90 Å². The molecule has 1 heterocycles. The molecular formula is C9H8ClFS. The third-order valence-electron chi connectivity index (χ3n) is 1.95. The van der Waals surface area contributed by atoms with Crippen molar-refractivity contribution in [2.75, 3.05) is 5.75 Å². The summed E-state index contributed by atoms with van der Waals surface area (Å²) in [6.45, 7) is 0. The van der Waals surface area contributed by atoms with Gasteiger partial charge in [-0.3, -0.25) is 0 Å². The molecule has 1 aliphatic heterocycles. The molecule has 0 saturated carbocycles. The van der Waals surface area contributed by atoms with Gasteiger partial charge in [-0.05, 0) is 36.3 Å². The average molecular weight is 203 g/mol. The lowest BCUT2D eigenvalue weighted by Crippen LogP contribution is -1.98. The topological polar surface area (TPSA) is 0 Å². The third-order valence-corrected chi connectivity index (χ3v) is 3.42. The summed E-state index contributed by atoms with van der Waals surface area (Å²) in [5.74, 6) is 0.790. The highest BCUT2D eigenvalue weighted by atomic mass is 35.5. The van der Waals surface area contributed by atoms with Crippen LogP contribution in [0.1, 0.15) is 12.0 Å². The van der Waals surface area contributed by atoms with E-state index < -0.39 is 0 Å². The second-order valence-corrected chi connectivity index (χ2v) is 4.37. The van der Waals surface area contributed by atoms with E-state index in [1.54, 1.807) is 23.9 Å². The van der Waals surface area contributed by atoms with Crippen molar-refractivity contribution in [3.8, 4) is 0 Å². The van der Waals surface area contributed by atoms with E-state index in [1.165, 1.54) is 12.0 Å². The van der Waals surface area contributed by atoms with Crippen LogP contribution in [-0.2, 0) is 6.42 Å². The molecule has 3 heteroatoms. The Balaban J connectivity index is 2.49. The van der Waals surface area contributed by atoms with Crippen molar-refractivity contribution in [1.29, 1.82) is 0 Å². The fourth-order valence-corrected chi connectivity index (χ4v) is 2.57. The van der Waals surface area contributed by atoms with Gasteiger partial charge in [-0.1, -0.05) is 11.6 Å². The van der Waals surface area contributed by atoms with Gasteiger partial charge in [-0.15, -0.1) is 11.8 Å². The van der Waals surface area contributed by atoms with Crippen molar-refractivity contribution in [2.45, 2.75) is 17.7 Å². The highest BCUT2D eigenvalue weighted by Crippen LogP contribution is 2.33. The van der Waals surface area contributed by atoms with Gasteiger partial charge < -0.3 is 0 Å². The lowest BCUT2D eigenvalue weighted by Gasteiger charge is -2.14. The second kappa shape index (κ2) is 3.27. The number of fused-ring (bicyclic) bond motifs is 1. The molecule has 64 valence electrons. The number of hydrogen-bond acceptors (Lipinski definition) is 1. The summed E-state index contributed by atoms with van der Waals surface area (Å²) in [6, 6.07) is 3.29. The summed E-state index contributed by atoms with van der Waals surface area (Å²) >= 11 is 7.37. The van der Waals surface area contributed by atoms with Crippen molar-refractivity contribution in [1.82, 2.24) is 0 Å². The van der Waals surface area contributed by atoms with Gasteiger partial charge in [0.25, 0.3) is 0 Å². The molecule has 12 heavy (non-hydrogen) atoms. The molecule has 1 aliphatic rings. The van der Waals surface area contributed by atoms with Crippen LogP contribution in [0.4, 0.5) is 4.39 Å². The first-order valence-corrected chi connectivity index (χ1v) is 5.24. The van der Waals surface area contributed by atoms with E-state index in [2.05, 4.69) is 0 Å². The molecule has 0 nitrogen and oxygen atoms in total. The summed E-state index contributed by atoms with van der Waals surface area (Å²) in [4.78, 5) is 1.06. The summed E-state index contributed by atoms with van der Waals surface area (Å²) in [5, 5.41) is 0.247. The van der Waals surface area contributed by atoms with Gasteiger partial charge >= 0.3 is 0 Å². The minimum atomic E-state index is -0.301. The Morgan fingerprint density at radius 2 is 2.25 bits per heavy atom. The normalized spacial score (nSPS) is 15.8. The summed E-state index contributed by atoms with van der Waals surface area (Å²) in [5.41, 5.74) is 1.19. The first-order chi connectivity index (χ1) is 5.77. The van der Waals surface area contributed by atoms with Crippen LogP contribution in [0.3, 0.4) is 0 Å². The van der Waals surface area contributed by atoms with Crippen LogP contribution in [0, 0.1) is 5.82 Å². The molecule has 0 unspecified atom stereocenters. The number of aryl methyl sites for hydroxylation is 1. The first-order valence-electron chi connectivity index (χ1n) is 3.88. The summed E-state index contributed by atoms with van der Waals surface area (Å²) in [7, 11) is 0. The minimum absolute atomic E-state index is 0.247.